The lowest BCUT2D eigenvalue weighted by Gasteiger charge is -2.22. The van der Waals surface area contributed by atoms with Gasteiger partial charge in [0.15, 0.2) is 0 Å². The summed E-state index contributed by atoms with van der Waals surface area (Å²) in [6.07, 6.45) is 2.67. The fourth-order valence-corrected chi connectivity index (χ4v) is 3.91. The second-order valence-electron chi connectivity index (χ2n) is 8.69. The van der Waals surface area contributed by atoms with Gasteiger partial charge in [-0.2, -0.15) is 0 Å². The maximum Gasteiger partial charge on any atom is 0.330 e. The molecule has 10 nitrogen and oxygen atoms in total. The number of rotatable bonds is 13. The zero-order chi connectivity index (χ0) is 28.4. The number of hydrogen-bond donors (Lipinski definition) is 4. The number of nitrogens with one attached hydrogen (secondary N) is 3. The number of methoxy groups -OCH3 is 1. The van der Waals surface area contributed by atoms with Crippen LogP contribution in [0.4, 0.5) is 4.39 Å². The van der Waals surface area contributed by atoms with Crippen molar-refractivity contribution in [3.8, 4) is 5.75 Å². The van der Waals surface area contributed by atoms with Crippen molar-refractivity contribution >= 4 is 34.6 Å². The molecule has 2 atom stereocenters. The van der Waals surface area contributed by atoms with Crippen LogP contribution in [0.1, 0.15) is 35.8 Å². The second-order valence-corrected chi connectivity index (χ2v) is 8.69. The summed E-state index contributed by atoms with van der Waals surface area (Å²) in [5.41, 5.74) is 6.75. The minimum absolute atomic E-state index is 0.0472. The number of carbonyl (C=O) groups excluding carboxylic acids is 4. The molecule has 0 saturated carbocycles. The lowest BCUT2D eigenvalue weighted by atomic mass is 10.0. The van der Waals surface area contributed by atoms with Crippen molar-refractivity contribution in [3.63, 3.8) is 0 Å². The highest BCUT2D eigenvalue weighted by atomic mass is 19.1. The topological polar surface area (TPSA) is 153 Å². The molecule has 3 amide bonds. The third-order valence-corrected chi connectivity index (χ3v) is 5.84. The van der Waals surface area contributed by atoms with Gasteiger partial charge in [0, 0.05) is 35.9 Å². The van der Waals surface area contributed by atoms with Crippen molar-refractivity contribution in [3.05, 3.63) is 77.8 Å². The molecule has 206 valence electrons. The highest BCUT2D eigenvalue weighted by molar-refractivity contribution is 6.01. The third kappa shape index (κ3) is 8.42. The number of carbonyl (C=O) groups is 4. The van der Waals surface area contributed by atoms with Gasteiger partial charge >= 0.3 is 5.97 Å². The Kier molecular flexibility index (Phi) is 10.2. The normalized spacial score (nSPS) is 12.6. The fraction of sp³-hybridized carbons (Fsp3) is 0.286. The van der Waals surface area contributed by atoms with E-state index in [9.17, 15) is 23.6 Å². The number of esters is 1. The molecule has 0 aliphatic heterocycles. The van der Waals surface area contributed by atoms with Crippen molar-refractivity contribution in [1.82, 2.24) is 15.6 Å². The van der Waals surface area contributed by atoms with E-state index in [2.05, 4.69) is 15.6 Å². The molecule has 0 radical (unpaired) electrons. The summed E-state index contributed by atoms with van der Waals surface area (Å²) in [6, 6.07) is 10.7. The number of benzene rings is 2. The summed E-state index contributed by atoms with van der Waals surface area (Å²) >= 11 is 0. The number of aromatic amines is 1. The molecule has 3 aromatic rings. The number of primary amides is 1. The van der Waals surface area contributed by atoms with E-state index in [1.807, 2.05) is 0 Å². The van der Waals surface area contributed by atoms with Crippen molar-refractivity contribution in [2.24, 2.45) is 5.73 Å². The Bertz CT molecular complexity index is 1350. The van der Waals surface area contributed by atoms with E-state index in [1.165, 1.54) is 37.5 Å². The lowest BCUT2D eigenvalue weighted by molar-refractivity contribution is -0.137. The van der Waals surface area contributed by atoms with Crippen LogP contribution in [0.5, 0.6) is 5.75 Å². The van der Waals surface area contributed by atoms with E-state index < -0.39 is 41.6 Å². The molecule has 0 aliphatic rings. The van der Waals surface area contributed by atoms with Crippen LogP contribution < -0.4 is 21.1 Å². The molecule has 0 bridgehead atoms. The summed E-state index contributed by atoms with van der Waals surface area (Å²) in [6.45, 7) is 1.83. The van der Waals surface area contributed by atoms with Gasteiger partial charge in [0.1, 0.15) is 23.3 Å². The number of H-pyrrole nitrogens is 1. The van der Waals surface area contributed by atoms with E-state index >= 15 is 0 Å². The van der Waals surface area contributed by atoms with E-state index in [1.54, 1.807) is 31.2 Å². The number of hydrogen-bond acceptors (Lipinski definition) is 6. The first-order chi connectivity index (χ1) is 18.7. The zero-order valence-corrected chi connectivity index (χ0v) is 21.7. The molecule has 0 saturated heterocycles. The molecule has 2 aromatic carbocycles. The van der Waals surface area contributed by atoms with Gasteiger partial charge in [-0.25, -0.2) is 9.18 Å². The molecule has 0 fully saturated rings. The summed E-state index contributed by atoms with van der Waals surface area (Å²) in [5, 5.41) is 6.16. The number of ether oxygens (including phenoxy) is 2. The number of nitrogens with two attached hydrogens (primary N) is 1. The Hall–Kier alpha value is -4.67. The fourth-order valence-electron chi connectivity index (χ4n) is 3.91. The molecular formula is C28H31FN4O6. The summed E-state index contributed by atoms with van der Waals surface area (Å²) in [4.78, 5) is 52.7. The van der Waals surface area contributed by atoms with Gasteiger partial charge in [-0.1, -0.05) is 24.3 Å². The Morgan fingerprint density at radius 1 is 1.10 bits per heavy atom. The quantitative estimate of drug-likeness (QED) is 0.194. The predicted molar refractivity (Wildman–Crippen MR) is 142 cm³/mol. The lowest BCUT2D eigenvalue weighted by Crippen LogP contribution is -2.50. The van der Waals surface area contributed by atoms with Gasteiger partial charge < -0.3 is 30.8 Å². The van der Waals surface area contributed by atoms with Crippen LogP contribution in [-0.4, -0.2) is 54.5 Å². The van der Waals surface area contributed by atoms with Crippen molar-refractivity contribution in [2.45, 2.75) is 38.3 Å². The standard InChI is InChI=1S/C28H31FN4O6/c1-3-39-26(35)14-12-19(11-13-25(30)34)31-27(36)22(15-17-7-9-18(29)10-8-17)33-28(37)23-16-20-21(32-23)5-4-6-24(20)38-2/h4-10,12,14,16,19,22,32H,3,11,13,15H2,1-2H3,(H2,30,34)(H,31,36)(H,33,37)/t19-,22-/m0/s1. The van der Waals surface area contributed by atoms with Crippen LogP contribution >= 0.6 is 0 Å². The molecule has 5 N–H and O–H groups in total. The highest BCUT2D eigenvalue weighted by Gasteiger charge is 2.25. The summed E-state index contributed by atoms with van der Waals surface area (Å²) < 4.78 is 23.7. The minimum Gasteiger partial charge on any atom is -0.496 e. The van der Waals surface area contributed by atoms with Gasteiger partial charge in [-0.05, 0) is 49.2 Å². The Morgan fingerprint density at radius 3 is 2.51 bits per heavy atom. The van der Waals surface area contributed by atoms with Crippen LogP contribution in [-0.2, 0) is 25.5 Å². The van der Waals surface area contributed by atoms with Crippen LogP contribution in [0.2, 0.25) is 0 Å². The predicted octanol–water partition coefficient (Wildman–Crippen LogP) is 2.53. The molecule has 1 heterocycles. The molecular weight excluding hydrogens is 507 g/mol. The molecule has 0 unspecified atom stereocenters. The van der Waals surface area contributed by atoms with Crippen LogP contribution in [0.3, 0.4) is 0 Å². The SMILES string of the molecule is CCOC(=O)C=C[C@H](CCC(N)=O)NC(=O)[C@H](Cc1ccc(F)cc1)NC(=O)c1cc2c(OC)cccc2[nH]1. The van der Waals surface area contributed by atoms with Gasteiger partial charge in [-0.3, -0.25) is 14.4 Å². The molecule has 1 aromatic heterocycles. The zero-order valence-electron chi connectivity index (χ0n) is 21.7. The summed E-state index contributed by atoms with van der Waals surface area (Å²) in [7, 11) is 1.52. The Balaban J connectivity index is 1.84. The van der Waals surface area contributed by atoms with Crippen molar-refractivity contribution in [2.75, 3.05) is 13.7 Å². The number of fused-ring (bicyclic) bond motifs is 1. The van der Waals surface area contributed by atoms with Crippen LogP contribution in [0, 0.1) is 5.82 Å². The number of aromatic nitrogens is 1. The average molecular weight is 539 g/mol. The minimum atomic E-state index is -1.08. The van der Waals surface area contributed by atoms with E-state index in [0.717, 1.165) is 6.08 Å². The van der Waals surface area contributed by atoms with Crippen LogP contribution in [0.25, 0.3) is 10.9 Å². The molecule has 11 heteroatoms. The smallest absolute Gasteiger partial charge is 0.330 e. The number of halogens is 1. The van der Waals surface area contributed by atoms with Crippen molar-refractivity contribution in [1.29, 1.82) is 0 Å². The van der Waals surface area contributed by atoms with Crippen LogP contribution in [0.15, 0.2) is 60.7 Å². The number of amides is 3. The maximum atomic E-state index is 13.5. The first-order valence-corrected chi connectivity index (χ1v) is 12.3. The highest BCUT2D eigenvalue weighted by Crippen LogP contribution is 2.26. The van der Waals surface area contributed by atoms with E-state index in [4.69, 9.17) is 15.2 Å². The van der Waals surface area contributed by atoms with E-state index in [-0.39, 0.29) is 31.6 Å². The average Bonchev–Trinajstić information content (AvgIpc) is 3.36. The molecule has 39 heavy (non-hydrogen) atoms. The van der Waals surface area contributed by atoms with Gasteiger partial charge in [0.05, 0.1) is 13.7 Å². The third-order valence-electron chi connectivity index (χ3n) is 5.84. The molecule has 0 spiro atoms. The summed E-state index contributed by atoms with van der Waals surface area (Å²) in [5.74, 6) is -2.18. The first-order valence-electron chi connectivity index (χ1n) is 12.3. The van der Waals surface area contributed by atoms with Gasteiger partial charge in [0.2, 0.25) is 11.8 Å². The van der Waals surface area contributed by atoms with Crippen molar-refractivity contribution < 1.29 is 33.0 Å². The monoisotopic (exact) mass is 538 g/mol. The van der Waals surface area contributed by atoms with Gasteiger partial charge in [0.25, 0.3) is 5.91 Å². The maximum absolute atomic E-state index is 13.5. The van der Waals surface area contributed by atoms with E-state index in [0.29, 0.717) is 22.2 Å². The second kappa shape index (κ2) is 13.8. The largest absolute Gasteiger partial charge is 0.496 e. The Morgan fingerprint density at radius 2 is 1.85 bits per heavy atom. The Labute approximate surface area is 224 Å². The molecule has 0 aliphatic carbocycles. The van der Waals surface area contributed by atoms with Gasteiger partial charge in [-0.15, -0.1) is 0 Å². The first kappa shape index (κ1) is 28.9. The molecule has 3 rings (SSSR count).